The minimum Gasteiger partial charge on any atom is -0.394 e. The van der Waals surface area contributed by atoms with E-state index in [1.165, 1.54) is 0 Å². The third-order valence-corrected chi connectivity index (χ3v) is 3.32. The summed E-state index contributed by atoms with van der Waals surface area (Å²) < 4.78 is 0. The number of rotatable bonds is 2. The van der Waals surface area contributed by atoms with Crippen LogP contribution >= 0.6 is 0 Å². The molecular weight excluding hydrogens is 214 g/mol. The topological polar surface area (TPSA) is 49.2 Å². The number of nitrogens with zero attached hydrogens (tertiary/aromatic N) is 3. The monoisotopic (exact) mass is 229 g/mol. The first-order chi connectivity index (χ1) is 8.38. The number of aromatic nitrogens is 2. The Morgan fingerprint density at radius 3 is 2.94 bits per heavy atom. The minimum atomic E-state index is 0.189. The summed E-state index contributed by atoms with van der Waals surface area (Å²) in [4.78, 5) is 11.2. The van der Waals surface area contributed by atoms with Crippen molar-refractivity contribution in [3.63, 3.8) is 0 Å². The molecule has 17 heavy (non-hydrogen) atoms. The Labute approximate surface area is 99.9 Å². The van der Waals surface area contributed by atoms with Crippen molar-refractivity contribution < 1.29 is 5.11 Å². The van der Waals surface area contributed by atoms with Gasteiger partial charge in [0.1, 0.15) is 5.82 Å². The van der Waals surface area contributed by atoms with Crippen molar-refractivity contribution in [3.8, 4) is 0 Å². The third kappa shape index (κ3) is 1.85. The number of fused-ring (bicyclic) bond motifs is 1. The van der Waals surface area contributed by atoms with Crippen LogP contribution in [0, 0.1) is 0 Å². The maximum absolute atomic E-state index is 9.32. The Balaban J connectivity index is 2.00. The third-order valence-electron chi connectivity index (χ3n) is 3.32. The number of benzene rings is 1. The van der Waals surface area contributed by atoms with Gasteiger partial charge in [-0.1, -0.05) is 12.1 Å². The van der Waals surface area contributed by atoms with Gasteiger partial charge in [-0.3, -0.25) is 4.98 Å². The number of hydrogen-bond donors (Lipinski definition) is 1. The van der Waals surface area contributed by atoms with Crippen LogP contribution in [-0.2, 0) is 0 Å². The number of anilines is 1. The van der Waals surface area contributed by atoms with E-state index >= 15 is 0 Å². The van der Waals surface area contributed by atoms with E-state index in [1.54, 1.807) is 6.20 Å². The van der Waals surface area contributed by atoms with E-state index in [1.807, 2.05) is 24.3 Å². The number of aliphatic hydroxyl groups excluding tert-OH is 1. The molecule has 1 aliphatic rings. The summed E-state index contributed by atoms with van der Waals surface area (Å²) >= 11 is 0. The van der Waals surface area contributed by atoms with E-state index in [0.717, 1.165) is 36.2 Å². The smallest absolute Gasteiger partial charge is 0.148 e. The lowest BCUT2D eigenvalue weighted by atomic mass is 10.2. The van der Waals surface area contributed by atoms with Gasteiger partial charge in [0.25, 0.3) is 0 Å². The van der Waals surface area contributed by atoms with Crippen molar-refractivity contribution in [2.24, 2.45) is 0 Å². The van der Waals surface area contributed by atoms with Crippen molar-refractivity contribution in [3.05, 3.63) is 30.5 Å². The SMILES string of the molecule is OC[C@@H]1CCCN1c1cnc2ccccc2n1. The minimum absolute atomic E-state index is 0.189. The molecule has 0 aliphatic carbocycles. The second kappa shape index (κ2) is 4.30. The first kappa shape index (κ1) is 10.5. The quantitative estimate of drug-likeness (QED) is 0.849. The molecule has 0 amide bonds. The van der Waals surface area contributed by atoms with Gasteiger partial charge < -0.3 is 10.0 Å². The van der Waals surface area contributed by atoms with Gasteiger partial charge >= 0.3 is 0 Å². The Morgan fingerprint density at radius 2 is 2.12 bits per heavy atom. The summed E-state index contributed by atoms with van der Waals surface area (Å²) in [6.45, 7) is 1.15. The van der Waals surface area contributed by atoms with Crippen LogP contribution < -0.4 is 4.90 Å². The van der Waals surface area contributed by atoms with E-state index in [0.29, 0.717) is 0 Å². The molecule has 1 atom stereocenters. The number of hydrogen-bond acceptors (Lipinski definition) is 4. The Bertz CT molecular complexity index is 529. The Hall–Kier alpha value is -1.68. The first-order valence-corrected chi connectivity index (χ1v) is 5.98. The van der Waals surface area contributed by atoms with E-state index < -0.39 is 0 Å². The molecule has 1 aromatic carbocycles. The molecule has 0 saturated carbocycles. The molecule has 2 heterocycles. The highest BCUT2D eigenvalue weighted by Gasteiger charge is 2.25. The summed E-state index contributed by atoms with van der Waals surface area (Å²) in [5.41, 5.74) is 1.82. The highest BCUT2D eigenvalue weighted by Crippen LogP contribution is 2.24. The highest BCUT2D eigenvalue weighted by molar-refractivity contribution is 5.75. The van der Waals surface area contributed by atoms with E-state index in [-0.39, 0.29) is 12.6 Å². The fraction of sp³-hybridized carbons (Fsp3) is 0.385. The van der Waals surface area contributed by atoms with Crippen LogP contribution in [0.4, 0.5) is 5.82 Å². The van der Waals surface area contributed by atoms with E-state index in [4.69, 9.17) is 0 Å². The van der Waals surface area contributed by atoms with Gasteiger partial charge in [-0.2, -0.15) is 0 Å². The van der Waals surface area contributed by atoms with Gasteiger partial charge in [0.15, 0.2) is 0 Å². The molecule has 1 aliphatic heterocycles. The van der Waals surface area contributed by atoms with Crippen LogP contribution in [0.25, 0.3) is 11.0 Å². The summed E-state index contributed by atoms with van der Waals surface area (Å²) in [5, 5.41) is 9.32. The van der Waals surface area contributed by atoms with Crippen molar-refractivity contribution in [1.29, 1.82) is 0 Å². The molecule has 0 radical (unpaired) electrons. The van der Waals surface area contributed by atoms with Crippen molar-refractivity contribution >= 4 is 16.9 Å². The van der Waals surface area contributed by atoms with E-state index in [2.05, 4.69) is 14.9 Å². The Kier molecular flexibility index (Phi) is 2.65. The summed E-state index contributed by atoms with van der Waals surface area (Å²) in [5.74, 6) is 0.875. The largest absolute Gasteiger partial charge is 0.394 e. The zero-order valence-electron chi connectivity index (χ0n) is 9.58. The maximum atomic E-state index is 9.32. The van der Waals surface area contributed by atoms with Gasteiger partial charge in [-0.25, -0.2) is 4.98 Å². The Morgan fingerprint density at radius 1 is 1.29 bits per heavy atom. The lowest BCUT2D eigenvalue weighted by molar-refractivity contribution is 0.266. The number of para-hydroxylation sites is 2. The molecule has 0 spiro atoms. The highest BCUT2D eigenvalue weighted by atomic mass is 16.3. The summed E-state index contributed by atoms with van der Waals surface area (Å²) in [6, 6.07) is 8.05. The molecule has 1 saturated heterocycles. The average molecular weight is 229 g/mol. The maximum Gasteiger partial charge on any atom is 0.148 e. The molecule has 2 aromatic rings. The zero-order chi connectivity index (χ0) is 11.7. The van der Waals surface area contributed by atoms with Gasteiger partial charge in [-0.05, 0) is 25.0 Å². The van der Waals surface area contributed by atoms with Gasteiger partial charge in [-0.15, -0.1) is 0 Å². The normalized spacial score (nSPS) is 20.1. The number of aliphatic hydroxyl groups is 1. The molecule has 88 valence electrons. The molecule has 1 fully saturated rings. The molecule has 0 unspecified atom stereocenters. The van der Waals surface area contributed by atoms with Crippen LogP contribution in [0.1, 0.15) is 12.8 Å². The lowest BCUT2D eigenvalue weighted by Crippen LogP contribution is -2.32. The lowest BCUT2D eigenvalue weighted by Gasteiger charge is -2.23. The first-order valence-electron chi connectivity index (χ1n) is 5.98. The molecule has 4 heteroatoms. The summed E-state index contributed by atoms with van der Waals surface area (Å²) in [7, 11) is 0. The second-order valence-corrected chi connectivity index (χ2v) is 4.39. The molecule has 1 N–H and O–H groups in total. The van der Waals surface area contributed by atoms with Crippen LogP contribution in [0.3, 0.4) is 0 Å². The van der Waals surface area contributed by atoms with Gasteiger partial charge in [0.05, 0.1) is 29.9 Å². The zero-order valence-corrected chi connectivity index (χ0v) is 9.58. The van der Waals surface area contributed by atoms with Crippen LogP contribution in [0.15, 0.2) is 30.5 Å². The fourth-order valence-corrected chi connectivity index (χ4v) is 2.41. The second-order valence-electron chi connectivity index (χ2n) is 4.39. The molecule has 3 rings (SSSR count). The fourth-order valence-electron chi connectivity index (χ4n) is 2.41. The van der Waals surface area contributed by atoms with Crippen molar-refractivity contribution in [2.75, 3.05) is 18.1 Å². The van der Waals surface area contributed by atoms with Crippen LogP contribution in [0.2, 0.25) is 0 Å². The predicted octanol–water partition coefficient (Wildman–Crippen LogP) is 1.59. The standard InChI is InChI=1S/C13H15N3O/c17-9-10-4-3-7-16(10)13-8-14-11-5-1-2-6-12(11)15-13/h1-2,5-6,8,10,17H,3-4,7,9H2/t10-/m0/s1. The predicted molar refractivity (Wildman–Crippen MR) is 67.0 cm³/mol. The van der Waals surface area contributed by atoms with Crippen molar-refractivity contribution in [2.45, 2.75) is 18.9 Å². The van der Waals surface area contributed by atoms with Crippen LogP contribution in [0.5, 0.6) is 0 Å². The molecule has 4 nitrogen and oxygen atoms in total. The summed E-state index contributed by atoms with van der Waals surface area (Å²) in [6.07, 6.45) is 3.95. The van der Waals surface area contributed by atoms with Crippen molar-refractivity contribution in [1.82, 2.24) is 9.97 Å². The van der Waals surface area contributed by atoms with Gasteiger partial charge in [0, 0.05) is 6.54 Å². The molecule has 1 aromatic heterocycles. The molecular formula is C13H15N3O. The van der Waals surface area contributed by atoms with Crippen LogP contribution in [-0.4, -0.2) is 34.3 Å². The van der Waals surface area contributed by atoms with E-state index in [9.17, 15) is 5.11 Å². The molecule has 0 bridgehead atoms. The average Bonchev–Trinajstić information content (AvgIpc) is 2.86. The van der Waals surface area contributed by atoms with Gasteiger partial charge in [0.2, 0.25) is 0 Å².